The molecule has 3 rings (SSSR count). The lowest BCUT2D eigenvalue weighted by molar-refractivity contribution is -0.142. The predicted molar refractivity (Wildman–Crippen MR) is 101 cm³/mol. The maximum absolute atomic E-state index is 11.5. The standard InChI is InChI=1S/C19H18ClNO2S/c1-2-23-18(22)10-12-24-17-6-4-3-5-14(17)19-13-9-11-21-16(13)8-7-15(19)20/h3-9,11,21H,2,10,12H2,1H3. The van der Waals surface area contributed by atoms with Crippen molar-refractivity contribution in [1.82, 2.24) is 4.98 Å². The summed E-state index contributed by atoms with van der Waals surface area (Å²) in [5, 5.41) is 1.82. The van der Waals surface area contributed by atoms with E-state index in [0.717, 1.165) is 31.9 Å². The number of thioether (sulfide) groups is 1. The minimum Gasteiger partial charge on any atom is -0.466 e. The lowest BCUT2D eigenvalue weighted by Crippen LogP contribution is -2.04. The molecule has 1 aromatic heterocycles. The van der Waals surface area contributed by atoms with Gasteiger partial charge >= 0.3 is 5.97 Å². The fourth-order valence-electron chi connectivity index (χ4n) is 2.66. The Bertz CT molecular complexity index is 859. The zero-order chi connectivity index (χ0) is 16.9. The zero-order valence-electron chi connectivity index (χ0n) is 13.3. The van der Waals surface area contributed by atoms with Crippen molar-refractivity contribution in [3.8, 4) is 11.1 Å². The summed E-state index contributed by atoms with van der Waals surface area (Å²) in [6.45, 7) is 2.24. The summed E-state index contributed by atoms with van der Waals surface area (Å²) in [6, 6.07) is 14.1. The first-order valence-electron chi connectivity index (χ1n) is 7.84. The van der Waals surface area contributed by atoms with Gasteiger partial charge in [0.05, 0.1) is 13.0 Å². The number of hydrogen-bond donors (Lipinski definition) is 1. The number of rotatable bonds is 6. The fourth-order valence-corrected chi connectivity index (χ4v) is 3.91. The molecular formula is C19H18ClNO2S. The van der Waals surface area contributed by atoms with Crippen LogP contribution in [-0.2, 0) is 9.53 Å². The van der Waals surface area contributed by atoms with Crippen molar-refractivity contribution in [2.45, 2.75) is 18.2 Å². The molecule has 0 aliphatic heterocycles. The normalized spacial score (nSPS) is 10.9. The van der Waals surface area contributed by atoms with Crippen LogP contribution in [0.5, 0.6) is 0 Å². The van der Waals surface area contributed by atoms with Crippen molar-refractivity contribution in [1.29, 1.82) is 0 Å². The van der Waals surface area contributed by atoms with Crippen LogP contribution in [0.3, 0.4) is 0 Å². The van der Waals surface area contributed by atoms with Crippen molar-refractivity contribution < 1.29 is 9.53 Å². The van der Waals surface area contributed by atoms with E-state index in [1.54, 1.807) is 11.8 Å². The van der Waals surface area contributed by atoms with Gasteiger partial charge in [0.15, 0.2) is 0 Å². The van der Waals surface area contributed by atoms with E-state index in [0.29, 0.717) is 18.8 Å². The summed E-state index contributed by atoms with van der Waals surface area (Å²) < 4.78 is 4.98. The highest BCUT2D eigenvalue weighted by molar-refractivity contribution is 7.99. The Morgan fingerprint density at radius 2 is 2.04 bits per heavy atom. The molecule has 0 saturated carbocycles. The molecule has 1 N–H and O–H groups in total. The number of hydrogen-bond acceptors (Lipinski definition) is 3. The van der Waals surface area contributed by atoms with Crippen LogP contribution < -0.4 is 0 Å². The summed E-state index contributed by atoms with van der Waals surface area (Å²) in [5.74, 6) is 0.518. The number of halogens is 1. The summed E-state index contributed by atoms with van der Waals surface area (Å²) in [5.41, 5.74) is 3.16. The second-order valence-corrected chi connectivity index (χ2v) is 6.80. The van der Waals surface area contributed by atoms with Gasteiger partial charge in [-0.3, -0.25) is 4.79 Å². The number of aromatic amines is 1. The van der Waals surface area contributed by atoms with E-state index in [-0.39, 0.29) is 5.97 Å². The number of esters is 1. The van der Waals surface area contributed by atoms with Gasteiger partial charge in [0, 0.05) is 38.3 Å². The predicted octanol–water partition coefficient (Wildman–Crippen LogP) is 5.53. The number of ether oxygens (including phenoxy) is 1. The van der Waals surface area contributed by atoms with Crippen LogP contribution in [0.4, 0.5) is 0 Å². The monoisotopic (exact) mass is 359 g/mol. The van der Waals surface area contributed by atoms with Gasteiger partial charge in [-0.2, -0.15) is 0 Å². The van der Waals surface area contributed by atoms with Crippen LogP contribution in [0.2, 0.25) is 5.02 Å². The van der Waals surface area contributed by atoms with Crippen LogP contribution in [0.1, 0.15) is 13.3 Å². The topological polar surface area (TPSA) is 42.1 Å². The van der Waals surface area contributed by atoms with E-state index in [2.05, 4.69) is 17.1 Å². The third-order valence-electron chi connectivity index (χ3n) is 3.71. The number of carbonyl (C=O) groups is 1. The molecule has 0 fully saturated rings. The summed E-state index contributed by atoms with van der Waals surface area (Å²) in [7, 11) is 0. The number of H-pyrrole nitrogens is 1. The third-order valence-corrected chi connectivity index (χ3v) is 5.10. The molecule has 0 spiro atoms. The SMILES string of the molecule is CCOC(=O)CCSc1ccccc1-c1c(Cl)ccc2[nH]ccc12. The van der Waals surface area contributed by atoms with Gasteiger partial charge in [-0.25, -0.2) is 0 Å². The largest absolute Gasteiger partial charge is 0.466 e. The minimum absolute atomic E-state index is 0.159. The van der Waals surface area contributed by atoms with Gasteiger partial charge in [0.1, 0.15) is 0 Å². The molecule has 0 aliphatic carbocycles. The molecule has 2 aromatic carbocycles. The van der Waals surface area contributed by atoms with E-state index in [4.69, 9.17) is 16.3 Å². The highest BCUT2D eigenvalue weighted by Crippen LogP contribution is 2.40. The molecule has 0 aliphatic rings. The molecular weight excluding hydrogens is 342 g/mol. The molecule has 24 heavy (non-hydrogen) atoms. The smallest absolute Gasteiger partial charge is 0.306 e. The second-order valence-electron chi connectivity index (χ2n) is 5.26. The van der Waals surface area contributed by atoms with Crippen LogP contribution in [-0.4, -0.2) is 23.3 Å². The Hall–Kier alpha value is -1.91. The van der Waals surface area contributed by atoms with E-state index >= 15 is 0 Å². The van der Waals surface area contributed by atoms with E-state index in [1.165, 1.54) is 0 Å². The molecule has 0 unspecified atom stereocenters. The Kier molecular flexibility index (Phi) is 5.48. The quantitative estimate of drug-likeness (QED) is 0.464. The Labute approximate surface area is 150 Å². The average molecular weight is 360 g/mol. The summed E-state index contributed by atoms with van der Waals surface area (Å²) in [6.07, 6.45) is 2.32. The molecule has 0 atom stereocenters. The van der Waals surface area contributed by atoms with Crippen LogP contribution in [0.25, 0.3) is 22.0 Å². The van der Waals surface area contributed by atoms with Crippen LogP contribution >= 0.6 is 23.4 Å². The molecule has 1 heterocycles. The summed E-state index contributed by atoms with van der Waals surface area (Å²) >= 11 is 8.14. The van der Waals surface area contributed by atoms with Crippen molar-refractivity contribution in [3.05, 3.63) is 53.7 Å². The number of carbonyl (C=O) groups excluding carboxylic acids is 1. The molecule has 0 bridgehead atoms. The first-order valence-corrected chi connectivity index (χ1v) is 9.20. The van der Waals surface area contributed by atoms with Gasteiger partial charge in [-0.1, -0.05) is 29.8 Å². The molecule has 0 amide bonds. The number of benzene rings is 2. The van der Waals surface area contributed by atoms with Crippen LogP contribution in [0.15, 0.2) is 53.6 Å². The highest BCUT2D eigenvalue weighted by Gasteiger charge is 2.13. The second kappa shape index (κ2) is 7.77. The summed E-state index contributed by atoms with van der Waals surface area (Å²) in [4.78, 5) is 15.9. The number of fused-ring (bicyclic) bond motifs is 1. The maximum Gasteiger partial charge on any atom is 0.306 e. The van der Waals surface area contributed by atoms with Crippen molar-refractivity contribution in [2.24, 2.45) is 0 Å². The molecule has 5 heteroatoms. The van der Waals surface area contributed by atoms with Crippen molar-refractivity contribution in [2.75, 3.05) is 12.4 Å². The molecule has 0 saturated heterocycles. The molecule has 124 valence electrons. The number of nitrogens with one attached hydrogen (secondary N) is 1. The van der Waals surface area contributed by atoms with E-state index < -0.39 is 0 Å². The van der Waals surface area contributed by atoms with Crippen molar-refractivity contribution >= 4 is 40.2 Å². The minimum atomic E-state index is -0.159. The third kappa shape index (κ3) is 3.60. The first kappa shape index (κ1) is 16.9. The first-order chi connectivity index (χ1) is 11.7. The highest BCUT2D eigenvalue weighted by atomic mass is 35.5. The molecule has 0 radical (unpaired) electrons. The van der Waals surface area contributed by atoms with Gasteiger partial charge in [-0.15, -0.1) is 11.8 Å². The van der Waals surface area contributed by atoms with Gasteiger partial charge < -0.3 is 9.72 Å². The molecule has 3 aromatic rings. The lowest BCUT2D eigenvalue weighted by Gasteiger charge is -2.12. The van der Waals surface area contributed by atoms with Crippen LogP contribution in [0, 0.1) is 0 Å². The van der Waals surface area contributed by atoms with E-state index in [1.807, 2.05) is 43.5 Å². The Balaban J connectivity index is 1.90. The van der Waals surface area contributed by atoms with Crippen molar-refractivity contribution in [3.63, 3.8) is 0 Å². The average Bonchev–Trinajstić information content (AvgIpc) is 3.04. The van der Waals surface area contributed by atoms with Gasteiger partial charge in [-0.05, 0) is 36.8 Å². The van der Waals surface area contributed by atoms with Gasteiger partial charge in [0.2, 0.25) is 0 Å². The maximum atomic E-state index is 11.5. The Morgan fingerprint density at radius 1 is 1.21 bits per heavy atom. The Morgan fingerprint density at radius 3 is 2.88 bits per heavy atom. The lowest BCUT2D eigenvalue weighted by atomic mass is 10.0. The van der Waals surface area contributed by atoms with E-state index in [9.17, 15) is 4.79 Å². The molecule has 3 nitrogen and oxygen atoms in total. The zero-order valence-corrected chi connectivity index (χ0v) is 14.9. The van der Waals surface area contributed by atoms with Gasteiger partial charge in [0.25, 0.3) is 0 Å². The number of aromatic nitrogens is 1. The fraction of sp³-hybridized carbons (Fsp3) is 0.211.